The zero-order chi connectivity index (χ0) is 11.0. The van der Waals surface area contributed by atoms with Gasteiger partial charge < -0.3 is 9.14 Å². The summed E-state index contributed by atoms with van der Waals surface area (Å²) in [4.78, 5) is 9.64. The largest absolute Gasteiger partial charge is 0.493 e. The van der Waals surface area contributed by atoms with Crippen molar-refractivity contribution in [2.75, 3.05) is 7.11 Å². The zero-order valence-electron chi connectivity index (χ0n) is 8.62. The highest BCUT2D eigenvalue weighted by Crippen LogP contribution is 2.26. The molecule has 0 radical (unpaired) electrons. The van der Waals surface area contributed by atoms with Crippen LogP contribution in [-0.4, -0.2) is 21.5 Å². The molecule has 0 aliphatic rings. The summed E-state index contributed by atoms with van der Waals surface area (Å²) in [6.45, 7) is 0. The summed E-state index contributed by atoms with van der Waals surface area (Å²) in [7, 11) is 1.65. The third kappa shape index (κ3) is 1.37. The molecule has 0 N–H and O–H groups in total. The minimum Gasteiger partial charge on any atom is -0.493 e. The van der Waals surface area contributed by atoms with Crippen LogP contribution >= 0.6 is 11.3 Å². The number of fused-ring (bicyclic) bond motifs is 1. The molecule has 3 heterocycles. The number of methoxy groups -OCH3 is 1. The van der Waals surface area contributed by atoms with Crippen molar-refractivity contribution in [3.63, 3.8) is 0 Å². The van der Waals surface area contributed by atoms with E-state index in [9.17, 15) is 0 Å². The molecule has 3 aromatic heterocycles. The summed E-state index contributed by atoms with van der Waals surface area (Å²) in [5.41, 5.74) is 3.55. The first-order chi connectivity index (χ1) is 7.88. The minimum absolute atomic E-state index is 0.776. The second-order valence-corrected chi connectivity index (χ2v) is 4.19. The van der Waals surface area contributed by atoms with Crippen molar-refractivity contribution in [1.82, 2.24) is 14.4 Å². The predicted octanol–water partition coefficient (Wildman–Crippen LogP) is 2.47. The molecule has 16 heavy (non-hydrogen) atoms. The van der Waals surface area contributed by atoms with Crippen LogP contribution in [0.3, 0.4) is 0 Å². The van der Waals surface area contributed by atoms with E-state index in [2.05, 4.69) is 9.97 Å². The van der Waals surface area contributed by atoms with E-state index in [1.54, 1.807) is 24.0 Å². The third-order valence-electron chi connectivity index (χ3n) is 2.35. The molecular formula is C11H9N3OS. The van der Waals surface area contributed by atoms with Crippen LogP contribution in [0, 0.1) is 0 Å². The number of rotatable bonds is 2. The molecule has 0 atom stereocenters. The maximum Gasteiger partial charge on any atom is 0.180 e. The van der Waals surface area contributed by atoms with E-state index in [1.807, 2.05) is 35.1 Å². The van der Waals surface area contributed by atoms with E-state index in [1.165, 1.54) is 0 Å². The van der Waals surface area contributed by atoms with Crippen molar-refractivity contribution in [2.45, 2.75) is 0 Å². The lowest BCUT2D eigenvalue weighted by Gasteiger charge is -1.99. The van der Waals surface area contributed by atoms with E-state index >= 15 is 0 Å². The number of pyridine rings is 1. The molecule has 0 spiro atoms. The molecule has 0 aliphatic heterocycles. The smallest absolute Gasteiger partial charge is 0.180 e. The molecule has 0 fully saturated rings. The Morgan fingerprint density at radius 2 is 2.38 bits per heavy atom. The molecular weight excluding hydrogens is 222 g/mol. The Morgan fingerprint density at radius 3 is 3.12 bits per heavy atom. The number of ether oxygens (including phenoxy) is 1. The van der Waals surface area contributed by atoms with Gasteiger partial charge in [0, 0.05) is 18.6 Å². The lowest BCUT2D eigenvalue weighted by atomic mass is 10.4. The highest BCUT2D eigenvalue weighted by Gasteiger charge is 2.08. The summed E-state index contributed by atoms with van der Waals surface area (Å²) < 4.78 is 7.21. The Bertz CT molecular complexity index is 615. The van der Waals surface area contributed by atoms with Gasteiger partial charge in [0.25, 0.3) is 0 Å². The zero-order valence-corrected chi connectivity index (χ0v) is 9.44. The van der Waals surface area contributed by atoms with Crippen LogP contribution < -0.4 is 4.74 Å². The first-order valence-electron chi connectivity index (χ1n) is 4.79. The van der Waals surface area contributed by atoms with Gasteiger partial charge in [0.2, 0.25) is 0 Å². The van der Waals surface area contributed by atoms with Gasteiger partial charge >= 0.3 is 0 Å². The molecule has 0 saturated carbocycles. The molecule has 3 rings (SSSR count). The maximum atomic E-state index is 5.26. The Labute approximate surface area is 96.2 Å². The molecule has 4 nitrogen and oxygen atoms in total. The second-order valence-electron chi connectivity index (χ2n) is 3.30. The summed E-state index contributed by atoms with van der Waals surface area (Å²) in [6.07, 6.45) is 5.75. The molecule has 3 aromatic rings. The van der Waals surface area contributed by atoms with Crippen molar-refractivity contribution >= 4 is 17.0 Å². The molecule has 80 valence electrons. The van der Waals surface area contributed by atoms with Crippen molar-refractivity contribution in [3.8, 4) is 16.3 Å². The van der Waals surface area contributed by atoms with E-state index in [0.29, 0.717) is 0 Å². The van der Waals surface area contributed by atoms with Crippen molar-refractivity contribution in [1.29, 1.82) is 0 Å². The SMILES string of the molecule is COc1cccn2cc(-c3cncs3)nc12. The quantitative estimate of drug-likeness (QED) is 0.680. The van der Waals surface area contributed by atoms with Gasteiger partial charge in [0.15, 0.2) is 11.4 Å². The molecule has 5 heteroatoms. The van der Waals surface area contributed by atoms with Gasteiger partial charge in [0.1, 0.15) is 5.69 Å². The van der Waals surface area contributed by atoms with Crippen LogP contribution in [0.1, 0.15) is 0 Å². The topological polar surface area (TPSA) is 39.4 Å². The predicted molar refractivity (Wildman–Crippen MR) is 62.9 cm³/mol. The summed E-state index contributed by atoms with van der Waals surface area (Å²) in [6, 6.07) is 3.84. The van der Waals surface area contributed by atoms with E-state index in [4.69, 9.17) is 4.74 Å². The van der Waals surface area contributed by atoms with Gasteiger partial charge in [-0.3, -0.25) is 4.98 Å². The van der Waals surface area contributed by atoms with Crippen LogP contribution in [0.25, 0.3) is 16.2 Å². The number of aromatic nitrogens is 3. The number of hydrogen-bond acceptors (Lipinski definition) is 4. The standard InChI is InChI=1S/C11H9N3OS/c1-15-9-3-2-4-14-6-8(13-11(9)14)10-5-12-7-16-10/h2-7H,1H3. The van der Waals surface area contributed by atoms with Gasteiger partial charge in [-0.2, -0.15) is 0 Å². The van der Waals surface area contributed by atoms with Crippen molar-refractivity contribution in [3.05, 3.63) is 36.2 Å². The summed E-state index contributed by atoms with van der Waals surface area (Å²) in [5.74, 6) is 0.776. The fourth-order valence-electron chi connectivity index (χ4n) is 1.61. The highest BCUT2D eigenvalue weighted by molar-refractivity contribution is 7.13. The first-order valence-corrected chi connectivity index (χ1v) is 5.67. The number of hydrogen-bond donors (Lipinski definition) is 0. The lowest BCUT2D eigenvalue weighted by Crippen LogP contribution is -1.88. The Morgan fingerprint density at radius 1 is 1.44 bits per heavy atom. The van der Waals surface area contributed by atoms with Crippen LogP contribution in [0.15, 0.2) is 36.2 Å². The van der Waals surface area contributed by atoms with Gasteiger partial charge in [-0.05, 0) is 12.1 Å². The minimum atomic E-state index is 0.776. The van der Waals surface area contributed by atoms with Crippen LogP contribution in [0.5, 0.6) is 5.75 Å². The highest BCUT2D eigenvalue weighted by atomic mass is 32.1. The van der Waals surface area contributed by atoms with E-state index in [0.717, 1.165) is 22.0 Å². The monoisotopic (exact) mass is 231 g/mol. The summed E-state index contributed by atoms with van der Waals surface area (Å²) >= 11 is 1.58. The average Bonchev–Trinajstić information content (AvgIpc) is 2.96. The Balaban J connectivity index is 2.23. The van der Waals surface area contributed by atoms with Gasteiger partial charge in [-0.15, -0.1) is 11.3 Å². The fraction of sp³-hybridized carbons (Fsp3) is 0.0909. The molecule has 0 aromatic carbocycles. The van der Waals surface area contributed by atoms with Crippen LogP contribution in [0.4, 0.5) is 0 Å². The van der Waals surface area contributed by atoms with Crippen LogP contribution in [0.2, 0.25) is 0 Å². The Hall–Kier alpha value is -1.88. The number of nitrogens with zero attached hydrogens (tertiary/aromatic N) is 3. The lowest BCUT2D eigenvalue weighted by molar-refractivity contribution is 0.417. The number of thiazole rings is 1. The van der Waals surface area contributed by atoms with Crippen LogP contribution in [-0.2, 0) is 0 Å². The third-order valence-corrected chi connectivity index (χ3v) is 3.15. The normalized spacial score (nSPS) is 10.8. The fourth-order valence-corrected chi connectivity index (χ4v) is 2.18. The second kappa shape index (κ2) is 3.61. The molecule has 0 aliphatic carbocycles. The van der Waals surface area contributed by atoms with E-state index in [-0.39, 0.29) is 0 Å². The summed E-state index contributed by atoms with van der Waals surface area (Å²) in [5, 5.41) is 0. The first kappa shape index (κ1) is 9.35. The van der Waals surface area contributed by atoms with Crippen molar-refractivity contribution < 1.29 is 4.74 Å². The van der Waals surface area contributed by atoms with Gasteiger partial charge in [-0.1, -0.05) is 0 Å². The number of imidazole rings is 1. The molecule has 0 bridgehead atoms. The maximum absolute atomic E-state index is 5.26. The average molecular weight is 231 g/mol. The Kier molecular flexibility index (Phi) is 2.11. The molecule has 0 amide bonds. The molecule has 0 saturated heterocycles. The van der Waals surface area contributed by atoms with Gasteiger partial charge in [0.05, 0.1) is 17.5 Å². The van der Waals surface area contributed by atoms with Crippen molar-refractivity contribution in [2.24, 2.45) is 0 Å². The molecule has 0 unspecified atom stereocenters. The van der Waals surface area contributed by atoms with Gasteiger partial charge in [-0.25, -0.2) is 4.98 Å². The van der Waals surface area contributed by atoms with E-state index < -0.39 is 0 Å².